The first-order valence-corrected chi connectivity index (χ1v) is 18.8. The molecule has 1 aromatic carbocycles. The van der Waals surface area contributed by atoms with Crippen LogP contribution in [0, 0.1) is 17.8 Å². The van der Waals surface area contributed by atoms with Crippen molar-refractivity contribution in [3.05, 3.63) is 42.6 Å². The fourth-order valence-electron chi connectivity index (χ4n) is 7.48. The second kappa shape index (κ2) is 13.9. The van der Waals surface area contributed by atoms with Gasteiger partial charge in [-0.3, -0.25) is 19.1 Å². The molecule has 6 rings (SSSR count). The van der Waals surface area contributed by atoms with Gasteiger partial charge >= 0.3 is 6.09 Å². The minimum absolute atomic E-state index is 0.0195. The lowest BCUT2D eigenvalue weighted by atomic mass is 9.88. The molecule has 0 spiro atoms. The highest BCUT2D eigenvalue weighted by atomic mass is 32.2. The van der Waals surface area contributed by atoms with Gasteiger partial charge in [-0.1, -0.05) is 44.2 Å². The summed E-state index contributed by atoms with van der Waals surface area (Å²) in [5, 5.41) is 26.1. The van der Waals surface area contributed by atoms with E-state index in [1.807, 2.05) is 37.3 Å². The number of hydrogen-bond acceptors (Lipinski definition) is 10. The lowest BCUT2D eigenvalue weighted by Gasteiger charge is -2.32. The van der Waals surface area contributed by atoms with Crippen LogP contribution in [0.25, 0.3) is 10.8 Å². The van der Waals surface area contributed by atoms with Crippen molar-refractivity contribution in [1.82, 2.24) is 25.2 Å². The fraction of sp³-hybridized carbons (Fsp3) is 0.571. The lowest BCUT2D eigenvalue weighted by Crippen LogP contribution is -2.59. The summed E-state index contributed by atoms with van der Waals surface area (Å²) in [6.07, 6.45) is 5.45. The normalized spacial score (nSPS) is 31.2. The summed E-state index contributed by atoms with van der Waals surface area (Å²) < 4.78 is 38.8. The number of aromatic nitrogens is 1. The van der Waals surface area contributed by atoms with Crippen LogP contribution in [0.5, 0.6) is 11.6 Å². The molecule has 4 aliphatic rings. The number of aliphatic hydroxyl groups is 1. The van der Waals surface area contributed by atoms with Gasteiger partial charge in [0.1, 0.15) is 34.2 Å². The maximum atomic E-state index is 14.3. The Hall–Kier alpha value is -4.44. The summed E-state index contributed by atoms with van der Waals surface area (Å²) in [6, 6.07) is 4.93. The predicted molar refractivity (Wildman–Crippen MR) is 184 cm³/mol. The smallest absolute Gasteiger partial charge is 0.405 e. The zero-order valence-electron chi connectivity index (χ0n) is 28.8. The fourth-order valence-corrected chi connectivity index (χ4v) is 8.93. The molecule has 15 nitrogen and oxygen atoms in total. The van der Waals surface area contributed by atoms with E-state index in [0.717, 1.165) is 5.39 Å². The number of carboxylic acid groups (broad SMARTS) is 1. The molecular formula is C35H45N5O10S. The number of methoxy groups -OCH3 is 1. The number of allylic oxidation sites excluding steroid dienone is 1. The van der Waals surface area contributed by atoms with Crippen molar-refractivity contribution in [3.63, 3.8) is 0 Å². The number of nitrogens with zero attached hydrogens (tertiary/aromatic N) is 2. The van der Waals surface area contributed by atoms with Crippen LogP contribution in [0.15, 0.2) is 42.6 Å². The third-order valence-corrected chi connectivity index (χ3v) is 12.9. The molecule has 2 unspecified atom stereocenters. The molecule has 7 atom stereocenters. The number of nitrogens with one attached hydrogen (secondary N) is 3. The summed E-state index contributed by atoms with van der Waals surface area (Å²) in [7, 11) is -2.73. The number of benzene rings is 1. The zero-order chi connectivity index (χ0) is 36.7. The van der Waals surface area contributed by atoms with E-state index in [0.29, 0.717) is 30.4 Å². The first-order valence-electron chi connectivity index (χ1n) is 17.3. The van der Waals surface area contributed by atoms with Crippen molar-refractivity contribution in [1.29, 1.82) is 0 Å². The Morgan fingerprint density at radius 1 is 1.14 bits per heavy atom. The van der Waals surface area contributed by atoms with Crippen LogP contribution in [0.4, 0.5) is 4.79 Å². The van der Waals surface area contributed by atoms with Gasteiger partial charge in [0.2, 0.25) is 27.7 Å². The van der Waals surface area contributed by atoms with Crippen LogP contribution < -0.4 is 24.8 Å². The standard InChI is InChI=1S/C35H45N5O10S/c1-20-8-4-5-9-22-16-35(22,32(44)39-51(47,48)34(19-41)12-13-34)38-29(42)26-15-23(18-40(26)31(43)28(21(2)14-20)37-33(45)46)50-30-25-11-7-6-10-24(25)27(49-3)17-36-30/h5-7,9-11,17,20-23,26,28,37,41H,4,8,12-16,18-19H2,1-3H3,(H,38,42)(H,39,44)(H,45,46)/b9-5-/t20-,21+,22?,23+,26-,28-,35?/m0/s1. The van der Waals surface area contributed by atoms with Gasteiger partial charge in [0, 0.05) is 23.1 Å². The molecule has 276 valence electrons. The second-order valence-corrected chi connectivity index (χ2v) is 16.5. The molecule has 0 bridgehead atoms. The van der Waals surface area contributed by atoms with E-state index in [4.69, 9.17) is 9.47 Å². The third kappa shape index (κ3) is 7.07. The minimum Gasteiger partial charge on any atom is -0.494 e. The molecule has 2 aliphatic carbocycles. The van der Waals surface area contributed by atoms with Crippen molar-refractivity contribution >= 4 is 44.6 Å². The largest absolute Gasteiger partial charge is 0.494 e. The number of amides is 4. The Morgan fingerprint density at radius 3 is 2.53 bits per heavy atom. The van der Waals surface area contributed by atoms with Crippen LogP contribution >= 0.6 is 0 Å². The number of pyridine rings is 1. The quantitative estimate of drug-likeness (QED) is 0.248. The van der Waals surface area contributed by atoms with Crippen molar-refractivity contribution in [2.75, 3.05) is 20.3 Å². The average molecular weight is 728 g/mol. The summed E-state index contributed by atoms with van der Waals surface area (Å²) >= 11 is 0. The monoisotopic (exact) mass is 727 g/mol. The Bertz CT molecular complexity index is 1850. The number of carbonyl (C=O) groups excluding carboxylic acids is 3. The first-order chi connectivity index (χ1) is 24.2. The third-order valence-electron chi connectivity index (χ3n) is 10.8. The molecule has 0 radical (unpaired) electrons. The molecule has 2 saturated carbocycles. The van der Waals surface area contributed by atoms with Gasteiger partial charge in [-0.05, 0) is 56.4 Å². The Balaban J connectivity index is 1.34. The molecule has 2 aromatic rings. The summed E-state index contributed by atoms with van der Waals surface area (Å²) in [4.78, 5) is 60.1. The summed E-state index contributed by atoms with van der Waals surface area (Å²) in [5.74, 6) is -2.30. The van der Waals surface area contributed by atoms with Crippen molar-refractivity contribution in [3.8, 4) is 11.6 Å². The molecule has 1 saturated heterocycles. The molecule has 5 N–H and O–H groups in total. The topological polar surface area (TPSA) is 214 Å². The van der Waals surface area contributed by atoms with Crippen molar-refractivity contribution in [2.45, 2.75) is 87.3 Å². The van der Waals surface area contributed by atoms with Crippen LogP contribution in [0.3, 0.4) is 0 Å². The molecular weight excluding hydrogens is 682 g/mol. The molecule has 3 fully saturated rings. The Kier molecular flexibility index (Phi) is 9.94. The summed E-state index contributed by atoms with van der Waals surface area (Å²) in [6.45, 7) is 3.08. The highest BCUT2D eigenvalue weighted by Crippen LogP contribution is 2.47. The summed E-state index contributed by atoms with van der Waals surface area (Å²) in [5.41, 5.74) is -1.62. The maximum absolute atomic E-state index is 14.3. The van der Waals surface area contributed by atoms with Crippen molar-refractivity contribution in [2.24, 2.45) is 17.8 Å². The van der Waals surface area contributed by atoms with E-state index in [1.165, 1.54) is 18.2 Å². The van der Waals surface area contributed by atoms with E-state index in [9.17, 15) is 37.8 Å². The van der Waals surface area contributed by atoms with E-state index in [-0.39, 0.29) is 44.0 Å². The number of aliphatic hydroxyl groups excluding tert-OH is 1. The van der Waals surface area contributed by atoms with Gasteiger partial charge in [0.15, 0.2) is 0 Å². The molecule has 4 amide bonds. The minimum atomic E-state index is -4.26. The number of fused-ring (bicyclic) bond motifs is 3. The number of rotatable bonds is 8. The Labute approximate surface area is 296 Å². The molecule has 51 heavy (non-hydrogen) atoms. The molecule has 16 heteroatoms. The van der Waals surface area contributed by atoms with Crippen LogP contribution in [0.1, 0.15) is 58.8 Å². The SMILES string of the molecule is COc1cnc(O[C@@H]2C[C@H]3C(=O)NC4(C(=O)NS(=O)(=O)C5(CO)CC5)CC4/C=C\CC[C@H](C)C[C@@H](C)[C@H](NC(=O)O)C(=O)N3C2)c2ccccc12. The molecule has 3 heterocycles. The highest BCUT2D eigenvalue weighted by Gasteiger charge is 2.64. The van der Waals surface area contributed by atoms with Crippen LogP contribution in [-0.2, 0) is 24.4 Å². The number of sulfonamides is 1. The number of ether oxygens (including phenoxy) is 2. The van der Waals surface area contributed by atoms with Crippen molar-refractivity contribution < 1.29 is 47.3 Å². The number of carbonyl (C=O) groups is 4. The van der Waals surface area contributed by atoms with E-state index in [1.54, 1.807) is 13.0 Å². The Morgan fingerprint density at radius 2 is 1.86 bits per heavy atom. The highest BCUT2D eigenvalue weighted by molar-refractivity contribution is 7.91. The van der Waals surface area contributed by atoms with Gasteiger partial charge in [-0.2, -0.15) is 0 Å². The maximum Gasteiger partial charge on any atom is 0.405 e. The van der Waals surface area contributed by atoms with Gasteiger partial charge in [0.25, 0.3) is 5.91 Å². The van der Waals surface area contributed by atoms with Crippen LogP contribution in [0.2, 0.25) is 0 Å². The second-order valence-electron chi connectivity index (χ2n) is 14.5. The van der Waals surface area contributed by atoms with Gasteiger partial charge in [0.05, 0.1) is 26.5 Å². The van der Waals surface area contributed by atoms with Gasteiger partial charge < -0.3 is 35.2 Å². The van der Waals surface area contributed by atoms with Crippen LogP contribution in [-0.4, -0.2) is 101 Å². The van der Waals surface area contributed by atoms with E-state index in [2.05, 4.69) is 20.3 Å². The molecule has 2 aliphatic heterocycles. The van der Waals surface area contributed by atoms with E-state index >= 15 is 0 Å². The first kappa shape index (κ1) is 36.4. The average Bonchev–Trinajstić information content (AvgIpc) is 4.00. The number of hydrogen-bond donors (Lipinski definition) is 5. The van der Waals surface area contributed by atoms with Gasteiger partial charge in [-0.25, -0.2) is 18.2 Å². The lowest BCUT2D eigenvalue weighted by molar-refractivity contribution is -0.142. The van der Waals surface area contributed by atoms with Gasteiger partial charge in [-0.15, -0.1) is 0 Å². The zero-order valence-corrected chi connectivity index (χ0v) is 29.6. The predicted octanol–water partition coefficient (Wildman–Crippen LogP) is 2.09. The van der Waals surface area contributed by atoms with E-state index < -0.39 is 80.8 Å². The molecule has 1 aromatic heterocycles.